The third-order valence-corrected chi connectivity index (χ3v) is 9.53. The molecule has 12 heteroatoms. The average Bonchev–Trinajstić information content (AvgIpc) is 3.48. The van der Waals surface area contributed by atoms with Crippen molar-refractivity contribution in [3.05, 3.63) is 71.8 Å². The molecular weight excluding hydrogens is 650 g/mol. The molecule has 2 aliphatic rings. The Hall–Kier alpha value is -4.58. The monoisotopic (exact) mass is 705 g/mol. The highest BCUT2D eigenvalue weighted by Gasteiger charge is 2.47. The molecule has 278 valence electrons. The molecule has 51 heavy (non-hydrogen) atoms. The van der Waals surface area contributed by atoms with Crippen LogP contribution in [0.15, 0.2) is 60.7 Å². The number of ketones is 1. The Balaban J connectivity index is 0.00000345. The van der Waals surface area contributed by atoms with Crippen LogP contribution in [0.4, 0.5) is 4.79 Å². The number of urea groups is 1. The molecular formula is C39H55N5O7. The highest BCUT2D eigenvalue weighted by molar-refractivity contribution is 6.03. The third kappa shape index (κ3) is 11.2. The normalized spacial score (nSPS) is 18.4. The van der Waals surface area contributed by atoms with Gasteiger partial charge in [0.25, 0.3) is 5.91 Å². The fraction of sp³-hybridized carbons (Fsp3) is 0.538. The SMILES string of the molecule is CC.CCCC(NC(=O)C1CN(Cc2ccccc2)C(=O)N1C(=O)C(C)C1CCCCC1)C(O)C(=O)NCC(=O)NC(C(C)=O)c1ccccc1. The van der Waals surface area contributed by atoms with Gasteiger partial charge in [0, 0.05) is 12.5 Å². The van der Waals surface area contributed by atoms with Crippen molar-refractivity contribution in [3.63, 3.8) is 0 Å². The fourth-order valence-corrected chi connectivity index (χ4v) is 6.72. The van der Waals surface area contributed by atoms with Crippen LogP contribution in [-0.4, -0.2) is 81.6 Å². The first-order chi connectivity index (χ1) is 24.5. The number of amides is 6. The summed E-state index contributed by atoms with van der Waals surface area (Å²) in [5, 5.41) is 18.7. The summed E-state index contributed by atoms with van der Waals surface area (Å²) in [6.45, 7) is 8.66. The van der Waals surface area contributed by atoms with Crippen molar-refractivity contribution in [2.75, 3.05) is 13.1 Å². The minimum Gasteiger partial charge on any atom is -0.381 e. The molecule has 5 unspecified atom stereocenters. The quantitative estimate of drug-likeness (QED) is 0.215. The standard InChI is InChI=1S/C37H49N5O7.C2H6/c1-4-14-29(33(45)35(47)38-21-31(44)40-32(25(3)43)28-19-12-7-13-20-28)39-34(46)30-23-41(22-26-15-8-5-9-16-26)37(49)42(30)36(48)24(2)27-17-10-6-11-18-27;1-2/h5,7-9,12-13,15-16,19-20,24,27,29-30,32-33,45H,4,6,10-11,14,17-18,21-23H2,1-3H3,(H,38,47)(H,39,46)(H,40,44);1-2H3. The Morgan fingerprint density at radius 2 is 1.51 bits per heavy atom. The Morgan fingerprint density at radius 3 is 2.10 bits per heavy atom. The van der Waals surface area contributed by atoms with Crippen molar-refractivity contribution >= 4 is 35.4 Å². The number of imide groups is 1. The second-order valence-electron chi connectivity index (χ2n) is 13.1. The number of carbonyl (C=O) groups is 6. The van der Waals surface area contributed by atoms with Crippen LogP contribution in [0.3, 0.4) is 0 Å². The first-order valence-corrected chi connectivity index (χ1v) is 18.3. The summed E-state index contributed by atoms with van der Waals surface area (Å²) in [6.07, 6.45) is 3.92. The summed E-state index contributed by atoms with van der Waals surface area (Å²) in [5.74, 6) is -3.19. The summed E-state index contributed by atoms with van der Waals surface area (Å²) in [6, 6.07) is 14.3. The van der Waals surface area contributed by atoms with E-state index in [0.717, 1.165) is 42.6 Å². The van der Waals surface area contributed by atoms with Gasteiger partial charge in [-0.25, -0.2) is 9.69 Å². The minimum atomic E-state index is -1.72. The molecule has 1 aliphatic heterocycles. The highest BCUT2D eigenvalue weighted by Crippen LogP contribution is 2.33. The first kappa shape index (κ1) is 40.8. The van der Waals surface area contributed by atoms with Crippen molar-refractivity contribution in [2.24, 2.45) is 11.8 Å². The molecule has 5 atom stereocenters. The van der Waals surface area contributed by atoms with E-state index in [1.165, 1.54) is 11.8 Å². The Morgan fingerprint density at radius 1 is 0.902 bits per heavy atom. The number of benzene rings is 2. The summed E-state index contributed by atoms with van der Waals surface area (Å²) in [7, 11) is 0. The maximum Gasteiger partial charge on any atom is 0.327 e. The number of Topliss-reactive ketones (excluding diaryl/α,β-unsaturated/α-hetero) is 1. The second-order valence-corrected chi connectivity index (χ2v) is 13.1. The molecule has 2 aromatic rings. The molecule has 6 amide bonds. The average molecular weight is 706 g/mol. The number of nitrogens with one attached hydrogen (secondary N) is 3. The van der Waals surface area contributed by atoms with Gasteiger partial charge in [0.2, 0.25) is 17.7 Å². The molecule has 1 aliphatic carbocycles. The minimum absolute atomic E-state index is 0.0390. The van der Waals surface area contributed by atoms with Gasteiger partial charge in [-0.05, 0) is 43.2 Å². The van der Waals surface area contributed by atoms with Gasteiger partial charge in [0.15, 0.2) is 11.9 Å². The molecule has 0 spiro atoms. The lowest BCUT2D eigenvalue weighted by molar-refractivity contribution is -0.141. The number of aliphatic hydroxyl groups excluding tert-OH is 1. The van der Waals surface area contributed by atoms with E-state index in [-0.39, 0.29) is 31.2 Å². The number of rotatable bonds is 15. The van der Waals surface area contributed by atoms with Gasteiger partial charge in [-0.1, -0.05) is 114 Å². The number of carbonyl (C=O) groups excluding carboxylic acids is 6. The largest absolute Gasteiger partial charge is 0.381 e. The molecule has 4 rings (SSSR count). The predicted molar refractivity (Wildman–Crippen MR) is 194 cm³/mol. The van der Waals surface area contributed by atoms with Crippen LogP contribution in [0, 0.1) is 11.8 Å². The topological polar surface area (TPSA) is 165 Å². The van der Waals surface area contributed by atoms with E-state index in [4.69, 9.17) is 0 Å². The van der Waals surface area contributed by atoms with Crippen LogP contribution in [0.1, 0.15) is 96.7 Å². The van der Waals surface area contributed by atoms with Crippen LogP contribution in [-0.2, 0) is 30.5 Å². The number of hydrogen-bond acceptors (Lipinski definition) is 7. The van der Waals surface area contributed by atoms with Crippen LogP contribution in [0.5, 0.6) is 0 Å². The predicted octanol–water partition coefficient (Wildman–Crippen LogP) is 4.27. The highest BCUT2D eigenvalue weighted by atomic mass is 16.3. The van der Waals surface area contributed by atoms with E-state index in [2.05, 4.69) is 16.0 Å². The van der Waals surface area contributed by atoms with Gasteiger partial charge >= 0.3 is 6.03 Å². The van der Waals surface area contributed by atoms with Crippen LogP contribution >= 0.6 is 0 Å². The molecule has 1 saturated heterocycles. The molecule has 2 aromatic carbocycles. The van der Waals surface area contributed by atoms with Gasteiger partial charge in [-0.3, -0.25) is 24.0 Å². The van der Waals surface area contributed by atoms with Crippen LogP contribution in [0.2, 0.25) is 0 Å². The molecule has 12 nitrogen and oxygen atoms in total. The van der Waals surface area contributed by atoms with E-state index >= 15 is 0 Å². The lowest BCUT2D eigenvalue weighted by atomic mass is 9.80. The van der Waals surface area contributed by atoms with Crippen molar-refractivity contribution < 1.29 is 33.9 Å². The third-order valence-electron chi connectivity index (χ3n) is 9.53. The van der Waals surface area contributed by atoms with Gasteiger partial charge in [-0.15, -0.1) is 0 Å². The van der Waals surface area contributed by atoms with Crippen molar-refractivity contribution in [1.29, 1.82) is 0 Å². The molecule has 0 bridgehead atoms. The lowest BCUT2D eigenvalue weighted by Gasteiger charge is -2.31. The van der Waals surface area contributed by atoms with E-state index in [9.17, 15) is 33.9 Å². The van der Waals surface area contributed by atoms with Gasteiger partial charge < -0.3 is 26.0 Å². The van der Waals surface area contributed by atoms with Gasteiger partial charge in [-0.2, -0.15) is 0 Å². The summed E-state index contributed by atoms with van der Waals surface area (Å²) >= 11 is 0. The molecule has 0 aromatic heterocycles. The zero-order chi connectivity index (χ0) is 37.5. The molecule has 1 saturated carbocycles. The number of nitrogens with zero attached hydrogens (tertiary/aromatic N) is 2. The maximum atomic E-state index is 13.9. The Labute approximate surface area is 301 Å². The van der Waals surface area contributed by atoms with E-state index in [1.54, 1.807) is 30.3 Å². The van der Waals surface area contributed by atoms with E-state index in [0.29, 0.717) is 12.0 Å². The summed E-state index contributed by atoms with van der Waals surface area (Å²) in [5.41, 5.74) is 1.44. The van der Waals surface area contributed by atoms with Crippen LogP contribution in [0.25, 0.3) is 0 Å². The summed E-state index contributed by atoms with van der Waals surface area (Å²) in [4.78, 5) is 81.9. The second kappa shape index (κ2) is 20.3. The maximum absolute atomic E-state index is 13.9. The first-order valence-electron chi connectivity index (χ1n) is 18.3. The lowest BCUT2D eigenvalue weighted by Crippen LogP contribution is -2.57. The smallest absolute Gasteiger partial charge is 0.327 e. The zero-order valence-corrected chi connectivity index (χ0v) is 30.6. The van der Waals surface area contributed by atoms with Crippen molar-refractivity contribution in [1.82, 2.24) is 25.8 Å². The zero-order valence-electron chi connectivity index (χ0n) is 30.6. The summed E-state index contributed by atoms with van der Waals surface area (Å²) < 4.78 is 0. The molecule has 1 heterocycles. The van der Waals surface area contributed by atoms with Gasteiger partial charge in [0.05, 0.1) is 19.1 Å². The van der Waals surface area contributed by atoms with Crippen molar-refractivity contribution in [3.8, 4) is 0 Å². The molecule has 4 N–H and O–H groups in total. The Bertz CT molecular complexity index is 1460. The molecule has 2 fully saturated rings. The fourth-order valence-electron chi connectivity index (χ4n) is 6.72. The van der Waals surface area contributed by atoms with E-state index < -0.39 is 66.4 Å². The van der Waals surface area contributed by atoms with Crippen LogP contribution < -0.4 is 16.0 Å². The van der Waals surface area contributed by atoms with Crippen molar-refractivity contribution in [2.45, 2.75) is 110 Å². The number of hydrogen-bond donors (Lipinski definition) is 4. The Kier molecular flexibility index (Phi) is 16.3. The van der Waals surface area contributed by atoms with Gasteiger partial charge in [0.1, 0.15) is 12.1 Å². The number of aliphatic hydroxyl groups is 1. The van der Waals surface area contributed by atoms with E-state index in [1.807, 2.05) is 58.0 Å². The molecule has 0 radical (unpaired) electrons.